The Kier molecular flexibility index (Phi) is 5.74. The van der Waals surface area contributed by atoms with E-state index in [4.69, 9.17) is 7.85 Å². The lowest BCUT2D eigenvalue weighted by Crippen LogP contribution is -2.47. The standard InChI is InChI=1S/C13H12BBr3N2O3/c1-18-2-4-19(5-3-18)12(20)6-7(13(21)22)9(15)8(14)11(17)10(6)16/h2-5H2,1H3,(H,21,22). The van der Waals surface area contributed by atoms with Crippen molar-refractivity contribution in [2.45, 2.75) is 0 Å². The molecule has 1 saturated heterocycles. The van der Waals surface area contributed by atoms with E-state index < -0.39 is 5.97 Å². The first-order valence-electron chi connectivity index (χ1n) is 6.42. The molecule has 2 rings (SSSR count). The van der Waals surface area contributed by atoms with Gasteiger partial charge in [-0.1, -0.05) is 37.3 Å². The van der Waals surface area contributed by atoms with Gasteiger partial charge in [-0.2, -0.15) is 0 Å². The van der Waals surface area contributed by atoms with Gasteiger partial charge in [0, 0.05) is 39.6 Å². The second-order valence-electron chi connectivity index (χ2n) is 5.01. The monoisotopic (exact) mass is 492 g/mol. The Morgan fingerprint density at radius 1 is 1.00 bits per heavy atom. The summed E-state index contributed by atoms with van der Waals surface area (Å²) in [7, 11) is 7.85. The van der Waals surface area contributed by atoms with Gasteiger partial charge < -0.3 is 14.9 Å². The van der Waals surface area contributed by atoms with Gasteiger partial charge in [0.2, 0.25) is 0 Å². The van der Waals surface area contributed by atoms with Crippen LogP contribution in [0.4, 0.5) is 0 Å². The Hall–Kier alpha value is -0.375. The van der Waals surface area contributed by atoms with E-state index in [-0.39, 0.29) is 27.0 Å². The quantitative estimate of drug-likeness (QED) is 0.504. The molecule has 116 valence electrons. The highest BCUT2D eigenvalue weighted by Gasteiger charge is 2.30. The average molecular weight is 495 g/mol. The highest BCUT2D eigenvalue weighted by molar-refractivity contribution is 9.13. The van der Waals surface area contributed by atoms with Crippen molar-refractivity contribution in [3.8, 4) is 0 Å². The zero-order chi connectivity index (χ0) is 16.6. The van der Waals surface area contributed by atoms with Crippen LogP contribution in [-0.4, -0.2) is 67.9 Å². The molecule has 1 heterocycles. The Morgan fingerprint density at radius 2 is 1.55 bits per heavy atom. The molecule has 2 radical (unpaired) electrons. The minimum Gasteiger partial charge on any atom is -0.478 e. The molecule has 0 aromatic heterocycles. The Balaban J connectivity index is 2.54. The van der Waals surface area contributed by atoms with Crippen molar-refractivity contribution in [3.05, 3.63) is 24.5 Å². The topological polar surface area (TPSA) is 60.9 Å². The summed E-state index contributed by atoms with van der Waals surface area (Å²) in [6, 6.07) is 0. The number of carboxylic acids is 1. The second-order valence-corrected chi connectivity index (χ2v) is 7.39. The third-order valence-corrected chi connectivity index (χ3v) is 6.55. The van der Waals surface area contributed by atoms with Crippen LogP contribution in [0.25, 0.3) is 0 Å². The number of amides is 1. The number of likely N-dealkylation sites (N-methyl/N-ethyl adjacent to an activating group) is 1. The predicted molar refractivity (Wildman–Crippen MR) is 95.3 cm³/mol. The molecule has 1 aromatic carbocycles. The number of piperazine rings is 1. The lowest BCUT2D eigenvalue weighted by molar-refractivity contribution is 0.0634. The van der Waals surface area contributed by atoms with Crippen molar-refractivity contribution in [2.75, 3.05) is 33.2 Å². The van der Waals surface area contributed by atoms with Crippen molar-refractivity contribution < 1.29 is 14.7 Å². The second kappa shape index (κ2) is 7.03. The van der Waals surface area contributed by atoms with Crippen LogP contribution in [0.2, 0.25) is 0 Å². The fourth-order valence-electron chi connectivity index (χ4n) is 2.25. The summed E-state index contributed by atoms with van der Waals surface area (Å²) < 4.78 is 1.02. The minimum atomic E-state index is -1.20. The molecule has 1 aliphatic rings. The molecule has 0 saturated carbocycles. The van der Waals surface area contributed by atoms with Crippen LogP contribution in [0.1, 0.15) is 20.7 Å². The first-order valence-corrected chi connectivity index (χ1v) is 8.80. The largest absolute Gasteiger partial charge is 0.478 e. The molecule has 1 fully saturated rings. The van der Waals surface area contributed by atoms with E-state index in [1.807, 2.05) is 7.05 Å². The fourth-order valence-corrected chi connectivity index (χ4v) is 4.06. The van der Waals surface area contributed by atoms with Gasteiger partial charge in [-0.25, -0.2) is 4.79 Å². The van der Waals surface area contributed by atoms with Crippen LogP contribution in [0, 0.1) is 0 Å². The maximum absolute atomic E-state index is 12.8. The van der Waals surface area contributed by atoms with Gasteiger partial charge in [0.05, 0.1) is 11.1 Å². The van der Waals surface area contributed by atoms with E-state index in [9.17, 15) is 14.7 Å². The average Bonchev–Trinajstić information content (AvgIpc) is 2.48. The molecule has 9 heteroatoms. The number of carbonyl (C=O) groups is 2. The number of aromatic carboxylic acids is 1. The zero-order valence-electron chi connectivity index (χ0n) is 11.7. The summed E-state index contributed by atoms with van der Waals surface area (Å²) in [6.07, 6.45) is 0. The minimum absolute atomic E-state index is 0.102. The summed E-state index contributed by atoms with van der Waals surface area (Å²) in [5, 5.41) is 9.47. The molecule has 0 spiro atoms. The van der Waals surface area contributed by atoms with Crippen molar-refractivity contribution in [1.29, 1.82) is 0 Å². The van der Waals surface area contributed by atoms with Gasteiger partial charge in [0.25, 0.3) is 5.91 Å². The number of carboxylic acid groups (broad SMARTS) is 1. The van der Waals surface area contributed by atoms with Gasteiger partial charge in [0.1, 0.15) is 7.85 Å². The lowest BCUT2D eigenvalue weighted by atomic mass is 9.91. The molecule has 0 unspecified atom stereocenters. The first-order chi connectivity index (χ1) is 10.3. The smallest absolute Gasteiger partial charge is 0.337 e. The van der Waals surface area contributed by atoms with E-state index in [0.717, 1.165) is 13.1 Å². The SMILES string of the molecule is [B]c1c(Br)c(Br)c(C(=O)N2CCN(C)CC2)c(C(=O)O)c1Br. The molecule has 0 aliphatic carbocycles. The van der Waals surface area contributed by atoms with Gasteiger partial charge >= 0.3 is 5.97 Å². The molecule has 1 aromatic rings. The lowest BCUT2D eigenvalue weighted by Gasteiger charge is -2.33. The van der Waals surface area contributed by atoms with E-state index in [2.05, 4.69) is 52.7 Å². The van der Waals surface area contributed by atoms with Gasteiger partial charge in [-0.15, -0.1) is 0 Å². The van der Waals surface area contributed by atoms with E-state index in [1.165, 1.54) is 0 Å². The van der Waals surface area contributed by atoms with Crippen molar-refractivity contribution in [3.63, 3.8) is 0 Å². The molecule has 1 aliphatic heterocycles. The molecular formula is C13H12BBr3N2O3. The Morgan fingerprint density at radius 3 is 2.05 bits per heavy atom. The summed E-state index contributed by atoms with van der Waals surface area (Å²) in [6.45, 7) is 2.62. The number of hydrogen-bond donors (Lipinski definition) is 1. The number of nitrogens with zero attached hydrogens (tertiary/aromatic N) is 2. The maximum Gasteiger partial charge on any atom is 0.337 e. The number of carbonyl (C=O) groups excluding carboxylic acids is 1. The van der Waals surface area contributed by atoms with Gasteiger partial charge in [-0.3, -0.25) is 4.79 Å². The molecule has 1 N–H and O–H groups in total. The van der Waals surface area contributed by atoms with Crippen molar-refractivity contribution >= 4 is 73.0 Å². The van der Waals surface area contributed by atoms with Crippen LogP contribution in [-0.2, 0) is 0 Å². The number of benzene rings is 1. The summed E-state index contributed by atoms with van der Waals surface area (Å²) in [5.74, 6) is -1.52. The molecule has 5 nitrogen and oxygen atoms in total. The summed E-state index contributed by atoms with van der Waals surface area (Å²) >= 11 is 9.77. The van der Waals surface area contributed by atoms with E-state index in [1.54, 1.807) is 4.90 Å². The van der Waals surface area contributed by atoms with Crippen LogP contribution >= 0.6 is 47.8 Å². The van der Waals surface area contributed by atoms with E-state index >= 15 is 0 Å². The highest BCUT2D eigenvalue weighted by atomic mass is 79.9. The highest BCUT2D eigenvalue weighted by Crippen LogP contribution is 2.33. The molecular weight excluding hydrogens is 483 g/mol. The first kappa shape index (κ1) is 18.0. The van der Waals surface area contributed by atoms with Crippen LogP contribution in [0.3, 0.4) is 0 Å². The van der Waals surface area contributed by atoms with Gasteiger partial charge in [0.15, 0.2) is 0 Å². The Labute approximate surface area is 154 Å². The summed E-state index contributed by atoms with van der Waals surface area (Å²) in [4.78, 5) is 28.2. The fraction of sp³-hybridized carbons (Fsp3) is 0.385. The van der Waals surface area contributed by atoms with Crippen LogP contribution in [0.5, 0.6) is 0 Å². The number of rotatable bonds is 2. The molecule has 22 heavy (non-hydrogen) atoms. The summed E-state index contributed by atoms with van der Waals surface area (Å²) in [5.41, 5.74) is 0.209. The van der Waals surface area contributed by atoms with Crippen LogP contribution < -0.4 is 5.46 Å². The molecule has 0 bridgehead atoms. The zero-order valence-corrected chi connectivity index (χ0v) is 16.5. The normalized spacial score (nSPS) is 15.9. The number of hydrogen-bond acceptors (Lipinski definition) is 3. The number of halogens is 3. The van der Waals surface area contributed by atoms with Gasteiger partial charge in [-0.05, 0) is 23.0 Å². The maximum atomic E-state index is 12.8. The van der Waals surface area contributed by atoms with Crippen LogP contribution in [0.15, 0.2) is 13.4 Å². The molecule has 1 amide bonds. The third-order valence-electron chi connectivity index (χ3n) is 3.57. The van der Waals surface area contributed by atoms with E-state index in [0.29, 0.717) is 22.0 Å². The van der Waals surface area contributed by atoms with Crippen molar-refractivity contribution in [2.24, 2.45) is 0 Å². The third kappa shape index (κ3) is 3.27. The Bertz CT molecular complexity index is 646. The predicted octanol–water partition coefficient (Wildman–Crippen LogP) is 1.85. The molecule has 0 atom stereocenters. The van der Waals surface area contributed by atoms with Crippen molar-refractivity contribution in [1.82, 2.24) is 9.80 Å².